The fourth-order valence-electron chi connectivity index (χ4n) is 1.28. The third-order valence-electron chi connectivity index (χ3n) is 2.50. The van der Waals surface area contributed by atoms with Gasteiger partial charge in [0.2, 0.25) is 0 Å². The summed E-state index contributed by atoms with van der Waals surface area (Å²) in [5.74, 6) is 0. The molecule has 0 amide bonds. The lowest BCUT2D eigenvalue weighted by Gasteiger charge is -2.22. The minimum atomic E-state index is 0.193. The highest BCUT2D eigenvalue weighted by atomic mass is 14.9. The zero-order chi connectivity index (χ0) is 11.1. The summed E-state index contributed by atoms with van der Waals surface area (Å²) in [4.78, 5) is 3.99. The third-order valence-corrected chi connectivity index (χ3v) is 2.50. The lowest BCUT2D eigenvalue weighted by Crippen LogP contribution is -2.36. The summed E-state index contributed by atoms with van der Waals surface area (Å²) in [6, 6.07) is 4.10. The Labute approximate surface area is 92.1 Å². The lowest BCUT2D eigenvalue weighted by atomic mass is 9.94. The summed E-state index contributed by atoms with van der Waals surface area (Å²) in [6.07, 6.45) is 4.71. The van der Waals surface area contributed by atoms with E-state index in [4.69, 9.17) is 5.73 Å². The van der Waals surface area contributed by atoms with Crippen LogP contribution in [0.5, 0.6) is 0 Å². The molecule has 1 rings (SSSR count). The molecule has 0 aromatic carbocycles. The van der Waals surface area contributed by atoms with Crippen molar-refractivity contribution in [3.8, 4) is 0 Å². The number of nitrogens with zero attached hydrogens (tertiary/aromatic N) is 1. The molecule has 0 fully saturated rings. The Morgan fingerprint density at radius 3 is 2.60 bits per heavy atom. The highest BCUT2D eigenvalue weighted by Crippen LogP contribution is 2.09. The molecule has 0 aliphatic carbocycles. The minimum Gasteiger partial charge on any atom is -0.330 e. The van der Waals surface area contributed by atoms with E-state index in [2.05, 4.69) is 36.3 Å². The van der Waals surface area contributed by atoms with Crippen LogP contribution in [0, 0.1) is 5.41 Å². The molecule has 3 heteroatoms. The fourth-order valence-corrected chi connectivity index (χ4v) is 1.28. The van der Waals surface area contributed by atoms with Crippen LogP contribution >= 0.6 is 0 Å². The first-order chi connectivity index (χ1) is 7.14. The van der Waals surface area contributed by atoms with Crippen molar-refractivity contribution in [1.82, 2.24) is 10.3 Å². The Bertz CT molecular complexity index is 269. The van der Waals surface area contributed by atoms with Crippen LogP contribution in [0.4, 0.5) is 0 Å². The summed E-state index contributed by atoms with van der Waals surface area (Å²) >= 11 is 0. The highest BCUT2D eigenvalue weighted by molar-refractivity contribution is 5.09. The number of hydrogen-bond acceptors (Lipinski definition) is 3. The number of rotatable bonds is 6. The van der Waals surface area contributed by atoms with Gasteiger partial charge < -0.3 is 11.1 Å². The number of nitrogens with two attached hydrogens (primary N) is 1. The molecule has 1 heterocycles. The van der Waals surface area contributed by atoms with Gasteiger partial charge in [0.05, 0.1) is 0 Å². The van der Waals surface area contributed by atoms with Gasteiger partial charge in [-0.05, 0) is 42.6 Å². The zero-order valence-electron chi connectivity index (χ0n) is 9.66. The van der Waals surface area contributed by atoms with Crippen LogP contribution in [0.3, 0.4) is 0 Å². The number of pyridine rings is 1. The molecule has 1 aromatic heterocycles. The van der Waals surface area contributed by atoms with Crippen molar-refractivity contribution in [2.75, 3.05) is 19.6 Å². The molecular formula is C12H21N3. The molecule has 1 aromatic rings. The average Bonchev–Trinajstić information content (AvgIpc) is 2.26. The smallest absolute Gasteiger partial charge is 0.0270 e. The van der Waals surface area contributed by atoms with Crippen molar-refractivity contribution in [1.29, 1.82) is 0 Å². The predicted octanol–water partition coefficient (Wildman–Crippen LogP) is 1.20. The van der Waals surface area contributed by atoms with Gasteiger partial charge in [0.25, 0.3) is 0 Å². The maximum Gasteiger partial charge on any atom is 0.0270 e. The molecule has 0 unspecified atom stereocenters. The van der Waals surface area contributed by atoms with E-state index in [1.807, 2.05) is 12.4 Å². The maximum absolute atomic E-state index is 5.65. The van der Waals surface area contributed by atoms with Crippen molar-refractivity contribution >= 4 is 0 Å². The summed E-state index contributed by atoms with van der Waals surface area (Å²) < 4.78 is 0. The second-order valence-corrected chi connectivity index (χ2v) is 4.65. The molecule has 0 radical (unpaired) electrons. The first kappa shape index (κ1) is 12.1. The Morgan fingerprint density at radius 1 is 1.33 bits per heavy atom. The van der Waals surface area contributed by atoms with Gasteiger partial charge in [0.1, 0.15) is 0 Å². The van der Waals surface area contributed by atoms with Crippen LogP contribution in [-0.4, -0.2) is 24.6 Å². The minimum absolute atomic E-state index is 0.193. The normalized spacial score (nSPS) is 11.7. The molecule has 3 N–H and O–H groups in total. The molecule has 15 heavy (non-hydrogen) atoms. The van der Waals surface area contributed by atoms with Crippen molar-refractivity contribution in [3.05, 3.63) is 30.1 Å². The van der Waals surface area contributed by atoms with Crippen LogP contribution < -0.4 is 11.1 Å². The number of nitrogens with one attached hydrogen (secondary N) is 1. The highest BCUT2D eigenvalue weighted by Gasteiger charge is 2.13. The Balaban J connectivity index is 2.18. The molecule has 0 spiro atoms. The first-order valence-electron chi connectivity index (χ1n) is 5.44. The van der Waals surface area contributed by atoms with E-state index in [0.29, 0.717) is 0 Å². The Kier molecular flexibility index (Phi) is 4.72. The van der Waals surface area contributed by atoms with Crippen LogP contribution in [0.15, 0.2) is 24.5 Å². The summed E-state index contributed by atoms with van der Waals surface area (Å²) in [6.45, 7) is 7.02. The molecule has 3 nitrogen and oxygen atoms in total. The Morgan fingerprint density at radius 2 is 2.00 bits per heavy atom. The van der Waals surface area contributed by atoms with Crippen molar-refractivity contribution in [2.45, 2.75) is 20.3 Å². The summed E-state index contributed by atoms with van der Waals surface area (Å²) in [5, 5.41) is 3.42. The Hall–Kier alpha value is -0.930. The van der Waals surface area contributed by atoms with E-state index in [1.165, 1.54) is 5.56 Å². The van der Waals surface area contributed by atoms with Crippen molar-refractivity contribution in [3.63, 3.8) is 0 Å². The fraction of sp³-hybridized carbons (Fsp3) is 0.583. The van der Waals surface area contributed by atoms with E-state index in [0.717, 1.165) is 26.1 Å². The number of aromatic nitrogens is 1. The molecule has 0 saturated heterocycles. The van der Waals surface area contributed by atoms with Gasteiger partial charge in [-0.1, -0.05) is 13.8 Å². The molecular weight excluding hydrogens is 186 g/mol. The molecule has 0 atom stereocenters. The van der Waals surface area contributed by atoms with Gasteiger partial charge in [0.15, 0.2) is 0 Å². The van der Waals surface area contributed by atoms with E-state index in [-0.39, 0.29) is 5.41 Å². The average molecular weight is 207 g/mol. The zero-order valence-corrected chi connectivity index (χ0v) is 9.66. The lowest BCUT2D eigenvalue weighted by molar-refractivity contribution is 0.353. The first-order valence-corrected chi connectivity index (χ1v) is 5.44. The van der Waals surface area contributed by atoms with Gasteiger partial charge in [-0.2, -0.15) is 0 Å². The molecule has 0 bridgehead atoms. The second kappa shape index (κ2) is 5.83. The van der Waals surface area contributed by atoms with E-state index >= 15 is 0 Å². The van der Waals surface area contributed by atoms with Crippen molar-refractivity contribution in [2.24, 2.45) is 11.1 Å². The van der Waals surface area contributed by atoms with Crippen LogP contribution in [-0.2, 0) is 6.42 Å². The van der Waals surface area contributed by atoms with E-state index in [9.17, 15) is 0 Å². The van der Waals surface area contributed by atoms with Gasteiger partial charge in [0, 0.05) is 18.9 Å². The van der Waals surface area contributed by atoms with Crippen LogP contribution in [0.1, 0.15) is 19.4 Å². The standard InChI is InChI=1S/C12H21N3/c1-12(2,9-13)10-15-8-5-11-3-6-14-7-4-11/h3-4,6-7,15H,5,8-10,13H2,1-2H3. The summed E-state index contributed by atoms with van der Waals surface area (Å²) in [7, 11) is 0. The monoisotopic (exact) mass is 207 g/mol. The van der Waals surface area contributed by atoms with E-state index < -0.39 is 0 Å². The molecule has 0 aliphatic rings. The van der Waals surface area contributed by atoms with Crippen LogP contribution in [0.25, 0.3) is 0 Å². The van der Waals surface area contributed by atoms with Crippen LogP contribution in [0.2, 0.25) is 0 Å². The summed E-state index contributed by atoms with van der Waals surface area (Å²) in [5.41, 5.74) is 7.17. The molecule has 84 valence electrons. The largest absolute Gasteiger partial charge is 0.330 e. The second-order valence-electron chi connectivity index (χ2n) is 4.65. The maximum atomic E-state index is 5.65. The van der Waals surface area contributed by atoms with Crippen molar-refractivity contribution < 1.29 is 0 Å². The molecule has 0 aliphatic heterocycles. The van der Waals surface area contributed by atoms with E-state index in [1.54, 1.807) is 0 Å². The van der Waals surface area contributed by atoms with Gasteiger partial charge in [-0.25, -0.2) is 0 Å². The third kappa shape index (κ3) is 4.91. The topological polar surface area (TPSA) is 50.9 Å². The van der Waals surface area contributed by atoms with Gasteiger partial charge in [-0.15, -0.1) is 0 Å². The number of hydrogen-bond donors (Lipinski definition) is 2. The molecule has 0 saturated carbocycles. The predicted molar refractivity (Wildman–Crippen MR) is 63.6 cm³/mol. The van der Waals surface area contributed by atoms with Gasteiger partial charge >= 0.3 is 0 Å². The van der Waals surface area contributed by atoms with Gasteiger partial charge in [-0.3, -0.25) is 4.98 Å². The quantitative estimate of drug-likeness (QED) is 0.689. The SMILES string of the molecule is CC(C)(CN)CNCCc1ccncc1.